The van der Waals surface area contributed by atoms with E-state index in [1.54, 1.807) is 18.9 Å². The molecule has 3 aromatic rings. The zero-order valence-electron chi connectivity index (χ0n) is 15.3. The highest BCUT2D eigenvalue weighted by atomic mass is 16.5. The van der Waals surface area contributed by atoms with Gasteiger partial charge in [-0.3, -0.25) is 14.7 Å². The molecule has 8 nitrogen and oxygen atoms in total. The third-order valence-electron chi connectivity index (χ3n) is 4.96. The largest absolute Gasteiger partial charge is 0.497 e. The number of piperidine rings is 1. The number of nitrogens with zero attached hydrogens (tertiary/aromatic N) is 4. The van der Waals surface area contributed by atoms with E-state index in [4.69, 9.17) is 4.74 Å². The van der Waals surface area contributed by atoms with Crippen LogP contribution in [0, 0.1) is 6.92 Å². The van der Waals surface area contributed by atoms with Crippen molar-refractivity contribution >= 4 is 11.7 Å². The van der Waals surface area contributed by atoms with Gasteiger partial charge in [-0.05, 0) is 43.9 Å². The van der Waals surface area contributed by atoms with Gasteiger partial charge in [-0.1, -0.05) is 12.1 Å². The molecule has 1 amide bonds. The van der Waals surface area contributed by atoms with Gasteiger partial charge in [0, 0.05) is 12.7 Å². The first kappa shape index (κ1) is 17.3. The Bertz CT molecular complexity index is 1050. The third-order valence-corrected chi connectivity index (χ3v) is 4.96. The first-order chi connectivity index (χ1) is 13.1. The molecule has 0 bridgehead atoms. The zero-order chi connectivity index (χ0) is 19.0. The molecule has 0 radical (unpaired) electrons. The fourth-order valence-electron chi connectivity index (χ4n) is 3.63. The van der Waals surface area contributed by atoms with Crippen LogP contribution in [0.3, 0.4) is 0 Å². The summed E-state index contributed by atoms with van der Waals surface area (Å²) in [6, 6.07) is 7.64. The summed E-state index contributed by atoms with van der Waals surface area (Å²) in [5.74, 6) is 1.27. The lowest BCUT2D eigenvalue weighted by Crippen LogP contribution is -2.41. The maximum absolute atomic E-state index is 13.2. The molecule has 0 spiro atoms. The van der Waals surface area contributed by atoms with Crippen molar-refractivity contribution in [3.8, 4) is 5.75 Å². The summed E-state index contributed by atoms with van der Waals surface area (Å²) < 4.78 is 6.53. The number of methoxy groups -OCH3 is 1. The summed E-state index contributed by atoms with van der Waals surface area (Å²) in [7, 11) is 1.62. The molecule has 4 rings (SSSR count). The molecular formula is C19H21N5O3. The minimum atomic E-state index is -0.430. The lowest BCUT2D eigenvalue weighted by molar-refractivity contribution is 0.0608. The number of fused-ring (bicyclic) bond motifs is 1. The van der Waals surface area contributed by atoms with E-state index in [1.807, 2.05) is 24.3 Å². The lowest BCUT2D eigenvalue weighted by atomic mass is 9.94. The van der Waals surface area contributed by atoms with E-state index in [9.17, 15) is 9.59 Å². The second-order valence-electron chi connectivity index (χ2n) is 6.71. The average molecular weight is 367 g/mol. The van der Waals surface area contributed by atoms with Crippen LogP contribution in [0.5, 0.6) is 5.75 Å². The number of ether oxygens (including phenoxy) is 1. The van der Waals surface area contributed by atoms with Crippen molar-refractivity contribution < 1.29 is 9.53 Å². The van der Waals surface area contributed by atoms with Crippen LogP contribution in [-0.2, 0) is 0 Å². The van der Waals surface area contributed by atoms with Crippen LogP contribution in [-0.4, -0.2) is 44.0 Å². The molecule has 1 unspecified atom stereocenters. The van der Waals surface area contributed by atoms with E-state index in [0.29, 0.717) is 12.4 Å². The summed E-state index contributed by atoms with van der Waals surface area (Å²) in [4.78, 5) is 36.0. The van der Waals surface area contributed by atoms with Crippen LogP contribution < -0.4 is 10.3 Å². The van der Waals surface area contributed by atoms with E-state index >= 15 is 0 Å². The highest BCUT2D eigenvalue weighted by molar-refractivity contribution is 5.94. The Morgan fingerprint density at radius 3 is 3.00 bits per heavy atom. The number of aromatic amines is 1. The summed E-state index contributed by atoms with van der Waals surface area (Å²) in [6.07, 6.45) is 4.12. The molecule has 1 aliphatic rings. The van der Waals surface area contributed by atoms with Crippen molar-refractivity contribution in [1.29, 1.82) is 0 Å². The third kappa shape index (κ3) is 3.07. The van der Waals surface area contributed by atoms with Crippen LogP contribution in [0.4, 0.5) is 0 Å². The van der Waals surface area contributed by atoms with Gasteiger partial charge < -0.3 is 9.64 Å². The minimum Gasteiger partial charge on any atom is -0.497 e. The fraction of sp³-hybridized carbons (Fsp3) is 0.368. The van der Waals surface area contributed by atoms with E-state index in [2.05, 4.69) is 15.1 Å². The number of benzene rings is 1. The highest BCUT2D eigenvalue weighted by Gasteiger charge is 2.31. The average Bonchev–Trinajstić information content (AvgIpc) is 3.09. The van der Waals surface area contributed by atoms with E-state index in [1.165, 1.54) is 10.7 Å². The number of H-pyrrole nitrogens is 1. The van der Waals surface area contributed by atoms with E-state index in [-0.39, 0.29) is 23.3 Å². The zero-order valence-corrected chi connectivity index (χ0v) is 15.3. The maximum atomic E-state index is 13.2. The number of hydrogen-bond acceptors (Lipinski definition) is 5. The fourth-order valence-corrected chi connectivity index (χ4v) is 3.63. The molecule has 3 heterocycles. The van der Waals surface area contributed by atoms with Gasteiger partial charge in [0.1, 0.15) is 17.1 Å². The number of aryl methyl sites for hydroxylation is 1. The maximum Gasteiger partial charge on any atom is 0.286 e. The Morgan fingerprint density at radius 2 is 2.19 bits per heavy atom. The summed E-state index contributed by atoms with van der Waals surface area (Å²) in [5.41, 5.74) is 0.625. The molecule has 1 aliphatic heterocycles. The SMILES string of the molecule is COc1cccc(C2CCCCN2C(=O)c2cnc3nc(C)[nH]n3c2=O)c1. The quantitative estimate of drug-likeness (QED) is 0.765. The summed E-state index contributed by atoms with van der Waals surface area (Å²) >= 11 is 0. The topological polar surface area (TPSA) is 92.6 Å². The van der Waals surface area contributed by atoms with Crippen molar-refractivity contribution in [2.24, 2.45) is 0 Å². The van der Waals surface area contributed by atoms with Crippen molar-refractivity contribution in [3.63, 3.8) is 0 Å². The van der Waals surface area contributed by atoms with Gasteiger partial charge in [-0.15, -0.1) is 0 Å². The number of amides is 1. The molecule has 27 heavy (non-hydrogen) atoms. The van der Waals surface area contributed by atoms with Gasteiger partial charge in [0.2, 0.25) is 0 Å². The number of carbonyl (C=O) groups is 1. The molecular weight excluding hydrogens is 346 g/mol. The Hall–Kier alpha value is -3.16. The van der Waals surface area contributed by atoms with Crippen LogP contribution in [0.1, 0.15) is 47.1 Å². The highest BCUT2D eigenvalue weighted by Crippen LogP contribution is 2.33. The predicted molar refractivity (Wildman–Crippen MR) is 99.0 cm³/mol. The molecule has 8 heteroatoms. The van der Waals surface area contributed by atoms with Gasteiger partial charge in [0.15, 0.2) is 0 Å². The van der Waals surface area contributed by atoms with Crippen LogP contribution in [0.15, 0.2) is 35.3 Å². The Balaban J connectivity index is 1.72. The first-order valence-corrected chi connectivity index (χ1v) is 8.98. The van der Waals surface area contributed by atoms with Crippen molar-refractivity contribution in [1.82, 2.24) is 24.5 Å². The predicted octanol–water partition coefficient (Wildman–Crippen LogP) is 2.10. The molecule has 0 saturated carbocycles. The molecule has 1 fully saturated rings. The minimum absolute atomic E-state index is 0.0472. The van der Waals surface area contributed by atoms with Gasteiger partial charge in [0.05, 0.1) is 13.2 Å². The van der Waals surface area contributed by atoms with Gasteiger partial charge in [-0.2, -0.15) is 9.50 Å². The van der Waals surface area contributed by atoms with Gasteiger partial charge in [0.25, 0.3) is 17.2 Å². The summed E-state index contributed by atoms with van der Waals surface area (Å²) in [6.45, 7) is 2.34. The standard InChI is InChI=1S/C19H21N5O3/c1-12-21-19-20-11-15(18(26)24(19)22-12)17(25)23-9-4-3-8-16(23)13-6-5-7-14(10-13)27-2/h5-7,10-11,16H,3-4,8-9H2,1-2H3,(H,20,21,22). The van der Waals surface area contributed by atoms with Crippen LogP contribution in [0.2, 0.25) is 0 Å². The van der Waals surface area contributed by atoms with Crippen molar-refractivity contribution in [2.45, 2.75) is 32.2 Å². The van der Waals surface area contributed by atoms with E-state index < -0.39 is 5.56 Å². The van der Waals surface area contributed by atoms with Gasteiger partial charge in [-0.25, -0.2) is 4.98 Å². The Labute approximate surface area is 155 Å². The second kappa shape index (κ2) is 6.86. The molecule has 140 valence electrons. The molecule has 1 N–H and O–H groups in total. The van der Waals surface area contributed by atoms with Crippen molar-refractivity contribution in [3.05, 3.63) is 57.8 Å². The number of nitrogens with one attached hydrogen (secondary N) is 1. The molecule has 1 aromatic carbocycles. The molecule has 1 saturated heterocycles. The number of aromatic nitrogens is 4. The smallest absolute Gasteiger partial charge is 0.286 e. The lowest BCUT2D eigenvalue weighted by Gasteiger charge is -2.36. The van der Waals surface area contributed by atoms with Crippen LogP contribution in [0.25, 0.3) is 5.78 Å². The second-order valence-corrected chi connectivity index (χ2v) is 6.71. The summed E-state index contributed by atoms with van der Waals surface area (Å²) in [5, 5.41) is 2.83. The molecule has 1 atom stereocenters. The monoisotopic (exact) mass is 367 g/mol. The first-order valence-electron chi connectivity index (χ1n) is 8.98. The number of rotatable bonds is 3. The molecule has 0 aliphatic carbocycles. The van der Waals surface area contributed by atoms with Gasteiger partial charge >= 0.3 is 0 Å². The number of carbonyl (C=O) groups excluding carboxylic acids is 1. The Kier molecular flexibility index (Phi) is 4.39. The van der Waals surface area contributed by atoms with E-state index in [0.717, 1.165) is 30.6 Å². The molecule has 2 aromatic heterocycles. The Morgan fingerprint density at radius 1 is 1.33 bits per heavy atom. The van der Waals surface area contributed by atoms with Crippen LogP contribution >= 0.6 is 0 Å². The van der Waals surface area contributed by atoms with Crippen molar-refractivity contribution in [2.75, 3.05) is 13.7 Å². The number of hydrogen-bond donors (Lipinski definition) is 1. The normalized spacial score (nSPS) is 17.3. The number of likely N-dealkylation sites (tertiary alicyclic amines) is 1.